The molecule has 1 aromatic carbocycles. The van der Waals surface area contributed by atoms with Gasteiger partial charge in [0.15, 0.2) is 0 Å². The van der Waals surface area contributed by atoms with Crippen LogP contribution < -0.4 is 5.56 Å². The molecule has 2 heterocycles. The van der Waals surface area contributed by atoms with Crippen LogP contribution in [0.5, 0.6) is 5.75 Å². The summed E-state index contributed by atoms with van der Waals surface area (Å²) in [7, 11) is 0. The van der Waals surface area contributed by atoms with Crippen molar-refractivity contribution < 1.29 is 9.52 Å². The minimum absolute atomic E-state index is 0.0800. The average molecular weight is 285 g/mol. The number of rotatable bonds is 0. The van der Waals surface area contributed by atoms with Gasteiger partial charge in [-0.1, -0.05) is 0 Å². The first-order chi connectivity index (χ1) is 9.77. The van der Waals surface area contributed by atoms with Gasteiger partial charge in [0, 0.05) is 16.8 Å². The zero-order valence-corrected chi connectivity index (χ0v) is 13.2. The number of benzene rings is 1. The van der Waals surface area contributed by atoms with E-state index in [0.717, 1.165) is 27.9 Å². The van der Waals surface area contributed by atoms with Gasteiger partial charge < -0.3 is 9.52 Å². The van der Waals surface area contributed by atoms with Crippen molar-refractivity contribution in [3.05, 3.63) is 43.9 Å². The highest BCUT2D eigenvalue weighted by Crippen LogP contribution is 2.34. The number of fused-ring (bicyclic) bond motifs is 2. The van der Waals surface area contributed by atoms with Gasteiger partial charge in [0.05, 0.1) is 5.39 Å². The summed E-state index contributed by atoms with van der Waals surface area (Å²) < 4.78 is 7.64. The molecule has 2 aromatic heterocycles. The van der Waals surface area contributed by atoms with Crippen molar-refractivity contribution in [2.75, 3.05) is 0 Å². The fourth-order valence-electron chi connectivity index (χ4n) is 2.99. The second-order valence-corrected chi connectivity index (χ2v) is 5.81. The average Bonchev–Trinajstić information content (AvgIpc) is 2.67. The largest absolute Gasteiger partial charge is 0.507 e. The van der Waals surface area contributed by atoms with Crippen LogP contribution in [0.2, 0.25) is 0 Å². The first-order valence-electron chi connectivity index (χ1n) is 7.01. The summed E-state index contributed by atoms with van der Waals surface area (Å²) in [5.74, 6) is 0.199. The van der Waals surface area contributed by atoms with E-state index in [4.69, 9.17) is 4.42 Å². The van der Waals surface area contributed by atoms with Crippen molar-refractivity contribution in [3.8, 4) is 5.75 Å². The van der Waals surface area contributed by atoms with Crippen LogP contribution in [0, 0.1) is 41.5 Å². The van der Waals surface area contributed by atoms with E-state index in [1.54, 1.807) is 11.3 Å². The molecule has 3 rings (SSSR count). The molecule has 0 amide bonds. The van der Waals surface area contributed by atoms with E-state index in [0.29, 0.717) is 22.2 Å². The number of aryl methyl sites for hydroxylation is 4. The van der Waals surface area contributed by atoms with Gasteiger partial charge in [0.25, 0.3) is 5.56 Å². The highest BCUT2D eigenvalue weighted by molar-refractivity contribution is 5.87. The van der Waals surface area contributed by atoms with Crippen molar-refractivity contribution >= 4 is 16.7 Å². The standard InChI is InChI=1S/C17H19NO3/c1-7-10(4)17-18(12(7)6)16(20)13-8(2)9(3)14(19)11(5)15(13)21-17/h19H,1-6H3. The molecule has 0 fully saturated rings. The Hall–Kier alpha value is -2.23. The lowest BCUT2D eigenvalue weighted by Gasteiger charge is -2.12. The monoisotopic (exact) mass is 285 g/mol. The number of phenols is 1. The Morgan fingerprint density at radius 1 is 0.857 bits per heavy atom. The third-order valence-electron chi connectivity index (χ3n) is 4.80. The molecule has 4 heteroatoms. The van der Waals surface area contributed by atoms with E-state index >= 15 is 0 Å². The highest BCUT2D eigenvalue weighted by Gasteiger charge is 2.21. The molecule has 1 N–H and O–H groups in total. The third kappa shape index (κ3) is 1.53. The third-order valence-corrected chi connectivity index (χ3v) is 4.80. The van der Waals surface area contributed by atoms with Crippen LogP contribution in [-0.2, 0) is 0 Å². The molecule has 4 nitrogen and oxygen atoms in total. The summed E-state index contributed by atoms with van der Waals surface area (Å²) in [4.78, 5) is 12.9. The van der Waals surface area contributed by atoms with Gasteiger partial charge in [-0.3, -0.25) is 4.79 Å². The number of aromatic nitrogens is 1. The zero-order valence-electron chi connectivity index (χ0n) is 13.2. The van der Waals surface area contributed by atoms with Gasteiger partial charge in [0.2, 0.25) is 5.71 Å². The number of hydrogen-bond donors (Lipinski definition) is 1. The van der Waals surface area contributed by atoms with Gasteiger partial charge in [-0.2, -0.15) is 0 Å². The van der Waals surface area contributed by atoms with Crippen molar-refractivity contribution in [1.29, 1.82) is 0 Å². The minimum Gasteiger partial charge on any atom is -0.507 e. The molecule has 0 bridgehead atoms. The van der Waals surface area contributed by atoms with Crippen LogP contribution in [0.15, 0.2) is 9.21 Å². The summed E-state index contributed by atoms with van der Waals surface area (Å²) in [6, 6.07) is 0. The Morgan fingerprint density at radius 3 is 2.10 bits per heavy atom. The van der Waals surface area contributed by atoms with E-state index in [1.165, 1.54) is 0 Å². The summed E-state index contributed by atoms with van der Waals surface area (Å²) >= 11 is 0. The van der Waals surface area contributed by atoms with Gasteiger partial charge >= 0.3 is 0 Å². The maximum atomic E-state index is 12.9. The Balaban J connectivity index is 2.75. The molecule has 0 aliphatic rings. The maximum Gasteiger partial charge on any atom is 0.269 e. The quantitative estimate of drug-likeness (QED) is 0.686. The van der Waals surface area contributed by atoms with Crippen molar-refractivity contribution in [2.24, 2.45) is 0 Å². The Bertz CT molecular complexity index is 974. The van der Waals surface area contributed by atoms with Gasteiger partial charge in [-0.05, 0) is 58.2 Å². The molecule has 0 atom stereocenters. The molecular formula is C17H19NO3. The predicted molar refractivity (Wildman–Crippen MR) is 83.5 cm³/mol. The molecule has 0 radical (unpaired) electrons. The van der Waals surface area contributed by atoms with Gasteiger partial charge in [0.1, 0.15) is 11.3 Å². The fourth-order valence-corrected chi connectivity index (χ4v) is 2.99. The van der Waals surface area contributed by atoms with Crippen LogP contribution in [0.25, 0.3) is 16.7 Å². The van der Waals surface area contributed by atoms with E-state index in [1.807, 2.05) is 34.6 Å². The molecule has 0 aliphatic carbocycles. The molecule has 0 unspecified atom stereocenters. The van der Waals surface area contributed by atoms with Crippen molar-refractivity contribution in [2.45, 2.75) is 41.5 Å². The number of phenolic OH excluding ortho intramolecular Hbond substituents is 1. The number of hydrogen-bond acceptors (Lipinski definition) is 3. The van der Waals surface area contributed by atoms with Crippen LogP contribution in [0.3, 0.4) is 0 Å². The first-order valence-corrected chi connectivity index (χ1v) is 7.01. The van der Waals surface area contributed by atoms with E-state index < -0.39 is 0 Å². The topological polar surface area (TPSA) is 54.9 Å². The molecule has 0 spiro atoms. The van der Waals surface area contributed by atoms with E-state index in [2.05, 4.69) is 0 Å². The highest BCUT2D eigenvalue weighted by atomic mass is 16.3. The summed E-state index contributed by atoms with van der Waals surface area (Å²) in [6.07, 6.45) is 0. The predicted octanol–water partition coefficient (Wildman–Crippen LogP) is 3.60. The normalized spacial score (nSPS) is 11.7. The van der Waals surface area contributed by atoms with Crippen LogP contribution in [0.4, 0.5) is 0 Å². The van der Waals surface area contributed by atoms with E-state index in [9.17, 15) is 9.90 Å². The molecule has 21 heavy (non-hydrogen) atoms. The molecular weight excluding hydrogens is 266 g/mol. The zero-order chi connectivity index (χ0) is 15.6. The molecule has 110 valence electrons. The van der Waals surface area contributed by atoms with Crippen LogP contribution >= 0.6 is 0 Å². The molecule has 0 aliphatic heterocycles. The fraction of sp³-hybridized carbons (Fsp3) is 0.353. The number of nitrogens with zero attached hydrogens (tertiary/aromatic N) is 1. The summed E-state index contributed by atoms with van der Waals surface area (Å²) in [5.41, 5.74) is 6.00. The Labute approximate surface area is 122 Å². The summed E-state index contributed by atoms with van der Waals surface area (Å²) in [6.45, 7) is 11.3. The van der Waals surface area contributed by atoms with E-state index in [-0.39, 0.29) is 11.3 Å². The molecule has 0 saturated heterocycles. The Morgan fingerprint density at radius 2 is 1.48 bits per heavy atom. The second kappa shape index (κ2) is 4.13. The SMILES string of the molecule is Cc1c(O)c(C)c2oc3c(C)c(C)c(C)n3c(=O)c2c1C. The van der Waals surface area contributed by atoms with Crippen molar-refractivity contribution in [1.82, 2.24) is 4.40 Å². The van der Waals surface area contributed by atoms with Gasteiger partial charge in [-0.15, -0.1) is 0 Å². The summed E-state index contributed by atoms with van der Waals surface area (Å²) in [5, 5.41) is 10.8. The number of aromatic hydroxyl groups is 1. The lowest BCUT2D eigenvalue weighted by atomic mass is 10.0. The van der Waals surface area contributed by atoms with Crippen LogP contribution in [-0.4, -0.2) is 9.51 Å². The first kappa shape index (κ1) is 13.7. The second-order valence-electron chi connectivity index (χ2n) is 5.81. The maximum absolute atomic E-state index is 12.9. The molecule has 0 saturated carbocycles. The molecule has 3 aromatic rings. The van der Waals surface area contributed by atoms with Crippen LogP contribution in [0.1, 0.15) is 33.5 Å². The lowest BCUT2D eigenvalue weighted by Crippen LogP contribution is -2.16. The smallest absolute Gasteiger partial charge is 0.269 e. The minimum atomic E-state index is -0.0800. The Kier molecular flexibility index (Phi) is 2.70. The van der Waals surface area contributed by atoms with Gasteiger partial charge in [-0.25, -0.2) is 4.40 Å². The lowest BCUT2D eigenvalue weighted by molar-refractivity contribution is 0.465. The van der Waals surface area contributed by atoms with Crippen molar-refractivity contribution in [3.63, 3.8) is 0 Å².